The predicted molar refractivity (Wildman–Crippen MR) is 128 cm³/mol. The molecule has 34 heavy (non-hydrogen) atoms. The van der Waals surface area contributed by atoms with Gasteiger partial charge >= 0.3 is 0 Å². The zero-order valence-electron chi connectivity index (χ0n) is 19.6. The van der Waals surface area contributed by atoms with Crippen molar-refractivity contribution in [3.05, 3.63) is 72.1 Å². The van der Waals surface area contributed by atoms with Crippen molar-refractivity contribution in [1.29, 1.82) is 0 Å². The van der Waals surface area contributed by atoms with E-state index in [-0.39, 0.29) is 24.2 Å². The molecule has 178 valence electrons. The summed E-state index contributed by atoms with van der Waals surface area (Å²) >= 11 is 0. The Labute approximate surface area is 199 Å². The molecule has 1 aliphatic rings. The molecule has 0 spiro atoms. The number of hydrogen-bond donors (Lipinski definition) is 1. The molecule has 1 N–H and O–H groups in total. The molecule has 8 nitrogen and oxygen atoms in total. The van der Waals surface area contributed by atoms with Crippen molar-refractivity contribution in [2.24, 2.45) is 5.92 Å². The first kappa shape index (κ1) is 23.4. The van der Waals surface area contributed by atoms with Gasteiger partial charge in [0.25, 0.3) is 0 Å². The zero-order chi connectivity index (χ0) is 23.9. The van der Waals surface area contributed by atoms with Crippen LogP contribution in [0.5, 0.6) is 11.5 Å². The summed E-state index contributed by atoms with van der Waals surface area (Å²) in [7, 11) is 3.20. The van der Waals surface area contributed by atoms with E-state index >= 15 is 0 Å². The number of hydrogen-bond acceptors (Lipinski definition) is 5. The van der Waals surface area contributed by atoms with Crippen LogP contribution < -0.4 is 14.8 Å². The van der Waals surface area contributed by atoms with Gasteiger partial charge in [-0.1, -0.05) is 18.2 Å². The van der Waals surface area contributed by atoms with Crippen LogP contribution in [0.15, 0.2) is 60.9 Å². The Kier molecular flexibility index (Phi) is 7.47. The summed E-state index contributed by atoms with van der Waals surface area (Å²) < 4.78 is 12.4. The number of nitrogens with one attached hydrogen (secondary N) is 1. The first-order valence-corrected chi connectivity index (χ1v) is 11.4. The van der Waals surface area contributed by atoms with Crippen LogP contribution in [0, 0.1) is 5.92 Å². The Bertz CT molecular complexity index is 1110. The number of nitrogens with zero attached hydrogens (tertiary/aromatic N) is 3. The van der Waals surface area contributed by atoms with Crippen LogP contribution >= 0.6 is 0 Å². The van der Waals surface area contributed by atoms with E-state index in [9.17, 15) is 9.59 Å². The first-order chi connectivity index (χ1) is 16.6. The Balaban J connectivity index is 1.22. The summed E-state index contributed by atoms with van der Waals surface area (Å²) in [5, 5.41) is 7.21. The SMILES string of the molecule is COc1ccc(CCN2CC(C(=O)NCCc3ccc(-n4cccn4)cc3)CC2=O)cc1OC. The van der Waals surface area contributed by atoms with E-state index < -0.39 is 0 Å². The Morgan fingerprint density at radius 1 is 1.06 bits per heavy atom. The highest BCUT2D eigenvalue weighted by Gasteiger charge is 2.33. The molecule has 0 saturated carbocycles. The summed E-state index contributed by atoms with van der Waals surface area (Å²) in [4.78, 5) is 26.9. The van der Waals surface area contributed by atoms with Crippen molar-refractivity contribution in [2.45, 2.75) is 19.3 Å². The molecule has 1 fully saturated rings. The Morgan fingerprint density at radius 2 is 1.82 bits per heavy atom. The average Bonchev–Trinajstić information content (AvgIpc) is 3.53. The fraction of sp³-hybridized carbons (Fsp3) is 0.346. The minimum Gasteiger partial charge on any atom is -0.493 e. The number of carbonyl (C=O) groups is 2. The predicted octanol–water partition coefficient (Wildman–Crippen LogP) is 2.64. The Morgan fingerprint density at radius 3 is 2.53 bits per heavy atom. The van der Waals surface area contributed by atoms with Gasteiger partial charge in [0.1, 0.15) is 0 Å². The second-order valence-corrected chi connectivity index (χ2v) is 8.34. The minimum atomic E-state index is -0.305. The third kappa shape index (κ3) is 5.57. The molecular weight excluding hydrogens is 432 g/mol. The van der Waals surface area contributed by atoms with Crippen LogP contribution in [-0.2, 0) is 22.4 Å². The molecule has 1 aliphatic heterocycles. The first-order valence-electron chi connectivity index (χ1n) is 11.4. The maximum absolute atomic E-state index is 12.6. The van der Waals surface area contributed by atoms with Crippen LogP contribution in [-0.4, -0.2) is 60.3 Å². The van der Waals surface area contributed by atoms with Gasteiger partial charge in [0, 0.05) is 38.4 Å². The fourth-order valence-electron chi connectivity index (χ4n) is 4.18. The molecule has 0 radical (unpaired) electrons. The van der Waals surface area contributed by atoms with Crippen LogP contribution in [0.1, 0.15) is 17.5 Å². The standard InChI is InChI=1S/C26H30N4O4/c1-33-23-9-6-20(16-24(23)34-2)11-15-29-18-21(17-25(29)31)26(32)27-13-10-19-4-7-22(8-5-19)30-14-3-12-28-30/h3-9,12,14,16,21H,10-11,13,15,17-18H2,1-2H3,(H,27,32). The van der Waals surface area contributed by atoms with Gasteiger partial charge in [-0.3, -0.25) is 9.59 Å². The molecule has 1 saturated heterocycles. The number of carbonyl (C=O) groups excluding carboxylic acids is 2. The molecule has 0 aliphatic carbocycles. The van der Waals surface area contributed by atoms with Crippen LogP contribution in [0.4, 0.5) is 0 Å². The maximum atomic E-state index is 12.6. The average molecular weight is 463 g/mol. The fourth-order valence-corrected chi connectivity index (χ4v) is 4.18. The second-order valence-electron chi connectivity index (χ2n) is 8.34. The van der Waals surface area contributed by atoms with E-state index in [1.54, 1.807) is 30.0 Å². The molecule has 2 heterocycles. The van der Waals surface area contributed by atoms with E-state index in [0.29, 0.717) is 37.6 Å². The Hall–Kier alpha value is -3.81. The summed E-state index contributed by atoms with van der Waals surface area (Å²) in [6.45, 7) is 1.56. The summed E-state index contributed by atoms with van der Waals surface area (Å²) in [6.07, 6.45) is 5.32. The van der Waals surface area contributed by atoms with Gasteiger partial charge in [-0.05, 0) is 54.3 Å². The van der Waals surface area contributed by atoms with Gasteiger partial charge in [-0.25, -0.2) is 4.68 Å². The second kappa shape index (κ2) is 10.9. The quantitative estimate of drug-likeness (QED) is 0.501. The van der Waals surface area contributed by atoms with Crippen molar-refractivity contribution in [3.63, 3.8) is 0 Å². The summed E-state index contributed by atoms with van der Waals surface area (Å²) in [5.41, 5.74) is 3.18. The van der Waals surface area contributed by atoms with Gasteiger partial charge in [0.15, 0.2) is 11.5 Å². The molecule has 4 rings (SSSR count). The molecule has 1 atom stereocenters. The monoisotopic (exact) mass is 462 g/mol. The lowest BCUT2D eigenvalue weighted by Crippen LogP contribution is -2.34. The van der Waals surface area contributed by atoms with Crippen LogP contribution in [0.25, 0.3) is 5.69 Å². The largest absolute Gasteiger partial charge is 0.493 e. The highest BCUT2D eigenvalue weighted by atomic mass is 16.5. The van der Waals surface area contributed by atoms with Crippen LogP contribution in [0.2, 0.25) is 0 Å². The molecular formula is C26H30N4O4. The number of rotatable bonds is 10. The lowest BCUT2D eigenvalue weighted by Gasteiger charge is -2.17. The molecule has 1 unspecified atom stereocenters. The van der Waals surface area contributed by atoms with Crippen molar-refractivity contribution < 1.29 is 19.1 Å². The lowest BCUT2D eigenvalue weighted by molar-refractivity contribution is -0.129. The van der Waals surface area contributed by atoms with Gasteiger partial charge in [-0.2, -0.15) is 5.10 Å². The molecule has 1 aromatic heterocycles. The van der Waals surface area contributed by atoms with Crippen LogP contribution in [0.3, 0.4) is 0 Å². The van der Waals surface area contributed by atoms with Gasteiger partial charge in [0.2, 0.25) is 11.8 Å². The van der Waals surface area contributed by atoms with E-state index in [1.807, 2.05) is 54.7 Å². The van der Waals surface area contributed by atoms with Crippen molar-refractivity contribution >= 4 is 11.8 Å². The molecule has 3 aromatic rings. The number of ether oxygens (including phenoxy) is 2. The third-order valence-electron chi connectivity index (χ3n) is 6.12. The minimum absolute atomic E-state index is 0.0230. The number of amides is 2. The van der Waals surface area contributed by atoms with E-state index in [4.69, 9.17) is 9.47 Å². The van der Waals surface area contributed by atoms with Crippen molar-refractivity contribution in [1.82, 2.24) is 20.0 Å². The maximum Gasteiger partial charge on any atom is 0.225 e. The molecule has 2 aromatic carbocycles. The topological polar surface area (TPSA) is 85.7 Å². The number of benzene rings is 2. The molecule has 0 bridgehead atoms. The molecule has 8 heteroatoms. The van der Waals surface area contributed by atoms with Gasteiger partial charge < -0.3 is 19.7 Å². The lowest BCUT2D eigenvalue weighted by atomic mass is 10.1. The number of methoxy groups -OCH3 is 2. The summed E-state index contributed by atoms with van der Waals surface area (Å²) in [6, 6.07) is 15.7. The van der Waals surface area contributed by atoms with Gasteiger partial charge in [-0.15, -0.1) is 0 Å². The van der Waals surface area contributed by atoms with Gasteiger partial charge in [0.05, 0.1) is 25.8 Å². The number of aromatic nitrogens is 2. The normalized spacial score (nSPS) is 15.4. The van der Waals surface area contributed by atoms with E-state index in [1.165, 1.54) is 0 Å². The third-order valence-corrected chi connectivity index (χ3v) is 6.12. The smallest absolute Gasteiger partial charge is 0.225 e. The van der Waals surface area contributed by atoms with E-state index in [2.05, 4.69) is 10.4 Å². The highest BCUT2D eigenvalue weighted by Crippen LogP contribution is 2.28. The summed E-state index contributed by atoms with van der Waals surface area (Å²) in [5.74, 6) is 1.00. The van der Waals surface area contributed by atoms with Crippen molar-refractivity contribution in [3.8, 4) is 17.2 Å². The highest BCUT2D eigenvalue weighted by molar-refractivity contribution is 5.89. The number of likely N-dealkylation sites (tertiary alicyclic amines) is 1. The van der Waals surface area contributed by atoms with E-state index in [0.717, 1.165) is 23.2 Å². The zero-order valence-corrected chi connectivity index (χ0v) is 19.6. The van der Waals surface area contributed by atoms with Crippen molar-refractivity contribution in [2.75, 3.05) is 33.9 Å². The molecule has 2 amide bonds.